The number of H-pyrrole nitrogens is 2. The molecular formula is C10H8N4. The van der Waals surface area contributed by atoms with Crippen molar-refractivity contribution in [3.8, 4) is 11.1 Å². The minimum absolute atomic E-state index is 0.754. The van der Waals surface area contributed by atoms with E-state index in [0.29, 0.717) is 0 Å². The molecule has 0 aromatic carbocycles. The number of hydrogen-bond donors (Lipinski definition) is 2. The molecule has 0 bridgehead atoms. The van der Waals surface area contributed by atoms with Crippen molar-refractivity contribution >= 4 is 11.2 Å². The van der Waals surface area contributed by atoms with E-state index in [1.807, 2.05) is 30.7 Å². The molecule has 3 aromatic rings. The summed E-state index contributed by atoms with van der Waals surface area (Å²) in [5.41, 5.74) is 3.94. The number of imidazole rings is 1. The maximum atomic E-state index is 4.24. The van der Waals surface area contributed by atoms with Crippen LogP contribution in [0.1, 0.15) is 0 Å². The first-order valence-electron chi connectivity index (χ1n) is 4.36. The summed E-state index contributed by atoms with van der Waals surface area (Å²) in [6.45, 7) is 0. The van der Waals surface area contributed by atoms with Crippen molar-refractivity contribution in [2.24, 2.45) is 0 Å². The molecule has 3 heterocycles. The first-order chi connectivity index (χ1) is 6.93. The average Bonchev–Trinajstić information content (AvgIpc) is 2.88. The molecule has 14 heavy (non-hydrogen) atoms. The smallest absolute Gasteiger partial charge is 0.177 e. The Morgan fingerprint density at radius 2 is 2.14 bits per heavy atom. The summed E-state index contributed by atoms with van der Waals surface area (Å²) >= 11 is 0. The lowest BCUT2D eigenvalue weighted by Crippen LogP contribution is -1.79. The van der Waals surface area contributed by atoms with Crippen LogP contribution in [0, 0.1) is 0 Å². The minimum atomic E-state index is 0.754. The molecule has 0 unspecified atom stereocenters. The van der Waals surface area contributed by atoms with Crippen LogP contribution in [0.2, 0.25) is 0 Å². The van der Waals surface area contributed by atoms with E-state index in [1.165, 1.54) is 0 Å². The van der Waals surface area contributed by atoms with Crippen molar-refractivity contribution in [2.75, 3.05) is 0 Å². The van der Waals surface area contributed by atoms with Crippen LogP contribution >= 0.6 is 0 Å². The second kappa shape index (κ2) is 2.70. The second-order valence-electron chi connectivity index (χ2n) is 3.10. The van der Waals surface area contributed by atoms with Gasteiger partial charge in [0.05, 0.1) is 11.8 Å². The number of nitrogens with zero attached hydrogens (tertiary/aromatic N) is 2. The largest absolute Gasteiger partial charge is 0.367 e. The van der Waals surface area contributed by atoms with Crippen LogP contribution in [0.5, 0.6) is 0 Å². The first-order valence-corrected chi connectivity index (χ1v) is 4.36. The van der Waals surface area contributed by atoms with Crippen molar-refractivity contribution in [1.29, 1.82) is 0 Å². The number of fused-ring (bicyclic) bond motifs is 1. The molecule has 0 atom stereocenters. The Hall–Kier alpha value is -2.10. The highest BCUT2D eigenvalue weighted by atomic mass is 14.9. The van der Waals surface area contributed by atoms with E-state index in [9.17, 15) is 0 Å². The van der Waals surface area contributed by atoms with E-state index in [2.05, 4.69) is 19.9 Å². The van der Waals surface area contributed by atoms with Crippen LogP contribution in [0.15, 0.2) is 37.1 Å². The van der Waals surface area contributed by atoms with Gasteiger partial charge in [-0.3, -0.25) is 0 Å². The van der Waals surface area contributed by atoms with Gasteiger partial charge in [0.15, 0.2) is 5.65 Å². The molecule has 0 radical (unpaired) electrons. The molecule has 3 aromatic heterocycles. The van der Waals surface area contributed by atoms with Crippen LogP contribution in [0.25, 0.3) is 22.3 Å². The highest BCUT2D eigenvalue weighted by Gasteiger charge is 2.01. The monoisotopic (exact) mass is 184 g/mol. The number of rotatable bonds is 1. The number of aromatic nitrogens is 4. The van der Waals surface area contributed by atoms with E-state index in [1.54, 1.807) is 6.33 Å². The van der Waals surface area contributed by atoms with Gasteiger partial charge >= 0.3 is 0 Å². The predicted octanol–water partition coefficient (Wildman–Crippen LogP) is 1.95. The minimum Gasteiger partial charge on any atom is -0.367 e. The van der Waals surface area contributed by atoms with Crippen LogP contribution in [0.4, 0.5) is 0 Å². The quantitative estimate of drug-likeness (QED) is 0.607. The Kier molecular flexibility index (Phi) is 1.41. The summed E-state index contributed by atoms with van der Waals surface area (Å²) in [6.07, 6.45) is 7.32. The number of pyridine rings is 1. The van der Waals surface area contributed by atoms with E-state index < -0.39 is 0 Å². The van der Waals surface area contributed by atoms with Crippen molar-refractivity contribution in [3.05, 3.63) is 37.1 Å². The zero-order valence-corrected chi connectivity index (χ0v) is 7.36. The van der Waals surface area contributed by atoms with Crippen molar-refractivity contribution in [1.82, 2.24) is 19.9 Å². The molecular weight excluding hydrogens is 176 g/mol. The topological polar surface area (TPSA) is 57.4 Å². The van der Waals surface area contributed by atoms with Crippen LogP contribution in [-0.2, 0) is 0 Å². The number of aromatic amines is 2. The molecule has 0 spiro atoms. The van der Waals surface area contributed by atoms with Crippen LogP contribution in [0.3, 0.4) is 0 Å². The lowest BCUT2D eigenvalue weighted by molar-refractivity contribution is 1.30. The third-order valence-corrected chi connectivity index (χ3v) is 2.20. The maximum absolute atomic E-state index is 4.24. The van der Waals surface area contributed by atoms with Gasteiger partial charge in [0, 0.05) is 29.7 Å². The molecule has 0 aliphatic rings. The van der Waals surface area contributed by atoms with Crippen molar-refractivity contribution < 1.29 is 0 Å². The Morgan fingerprint density at radius 3 is 3.00 bits per heavy atom. The molecule has 68 valence electrons. The Balaban J connectivity index is 2.23. The summed E-state index contributed by atoms with van der Waals surface area (Å²) < 4.78 is 0. The molecule has 3 rings (SSSR count). The predicted molar refractivity (Wildman–Crippen MR) is 53.7 cm³/mol. The van der Waals surface area contributed by atoms with Gasteiger partial charge < -0.3 is 9.97 Å². The summed E-state index contributed by atoms with van der Waals surface area (Å²) in [5, 5.41) is 0. The summed E-state index contributed by atoms with van der Waals surface area (Å²) in [6, 6.07) is 4.05. The fraction of sp³-hybridized carbons (Fsp3) is 0. The normalized spacial score (nSPS) is 10.9. The van der Waals surface area contributed by atoms with Gasteiger partial charge in [-0.25, -0.2) is 9.97 Å². The second-order valence-corrected chi connectivity index (χ2v) is 3.10. The summed E-state index contributed by atoms with van der Waals surface area (Å²) in [5.74, 6) is 0. The van der Waals surface area contributed by atoms with Gasteiger partial charge in [-0.1, -0.05) is 0 Å². The molecule has 0 saturated carbocycles. The highest BCUT2D eigenvalue weighted by Crippen LogP contribution is 2.19. The Labute approximate surface area is 80.0 Å². The fourth-order valence-electron chi connectivity index (χ4n) is 1.49. The van der Waals surface area contributed by atoms with Gasteiger partial charge in [-0.2, -0.15) is 0 Å². The van der Waals surface area contributed by atoms with Gasteiger partial charge in [0.2, 0.25) is 0 Å². The lowest BCUT2D eigenvalue weighted by atomic mass is 10.1. The third-order valence-electron chi connectivity index (χ3n) is 2.20. The summed E-state index contributed by atoms with van der Waals surface area (Å²) in [7, 11) is 0. The van der Waals surface area contributed by atoms with E-state index in [4.69, 9.17) is 0 Å². The molecule has 0 aliphatic heterocycles. The van der Waals surface area contributed by atoms with Gasteiger partial charge in [-0.15, -0.1) is 0 Å². The molecule has 4 nitrogen and oxygen atoms in total. The average molecular weight is 184 g/mol. The standard InChI is InChI=1S/C10H8N4/c1-2-11-4-7(1)8-3-9-10(12-5-8)14-6-13-9/h1-6,11H,(H,12,13,14). The van der Waals surface area contributed by atoms with Gasteiger partial charge in [0.1, 0.15) is 0 Å². The third kappa shape index (κ3) is 1.01. The molecule has 4 heteroatoms. The van der Waals surface area contributed by atoms with Gasteiger partial charge in [0.25, 0.3) is 0 Å². The zero-order valence-electron chi connectivity index (χ0n) is 7.36. The fourth-order valence-corrected chi connectivity index (χ4v) is 1.49. The van der Waals surface area contributed by atoms with E-state index in [0.717, 1.165) is 22.3 Å². The van der Waals surface area contributed by atoms with E-state index in [-0.39, 0.29) is 0 Å². The van der Waals surface area contributed by atoms with Crippen LogP contribution in [-0.4, -0.2) is 19.9 Å². The van der Waals surface area contributed by atoms with Crippen molar-refractivity contribution in [2.45, 2.75) is 0 Å². The first kappa shape index (κ1) is 7.32. The molecule has 0 saturated heterocycles. The Bertz CT molecular complexity index is 550. The van der Waals surface area contributed by atoms with Crippen LogP contribution < -0.4 is 0 Å². The number of nitrogens with one attached hydrogen (secondary N) is 2. The highest BCUT2D eigenvalue weighted by molar-refractivity contribution is 5.77. The zero-order chi connectivity index (χ0) is 9.38. The molecule has 0 fully saturated rings. The van der Waals surface area contributed by atoms with Crippen molar-refractivity contribution in [3.63, 3.8) is 0 Å². The summed E-state index contributed by atoms with van der Waals surface area (Å²) in [4.78, 5) is 14.4. The molecule has 0 amide bonds. The van der Waals surface area contributed by atoms with Gasteiger partial charge in [-0.05, 0) is 12.1 Å². The number of hydrogen-bond acceptors (Lipinski definition) is 2. The SMILES string of the molecule is c1cc(-c2cnc3nc[nH]c3c2)c[nH]1. The van der Waals surface area contributed by atoms with E-state index >= 15 is 0 Å². The molecule has 0 aliphatic carbocycles. The lowest BCUT2D eigenvalue weighted by Gasteiger charge is -1.95. The Morgan fingerprint density at radius 1 is 1.14 bits per heavy atom. The maximum Gasteiger partial charge on any atom is 0.177 e. The molecule has 2 N–H and O–H groups in total.